The first-order valence-corrected chi connectivity index (χ1v) is 3.65. The lowest BCUT2D eigenvalue weighted by molar-refractivity contribution is 1.13. The first kappa shape index (κ1) is 7.13. The van der Waals surface area contributed by atoms with E-state index in [1.54, 1.807) is 0 Å². The van der Waals surface area contributed by atoms with E-state index in [2.05, 4.69) is 19.1 Å². The Morgan fingerprint density at radius 3 is 2.90 bits per heavy atom. The van der Waals surface area contributed by atoms with Gasteiger partial charge in [-0.2, -0.15) is 0 Å². The van der Waals surface area contributed by atoms with Gasteiger partial charge in [-0.25, -0.2) is 0 Å². The van der Waals surface area contributed by atoms with Crippen LogP contribution >= 0.6 is 0 Å². The SMILES string of the molecule is CCC=C1C=CC(N)=CC1. The second-order valence-corrected chi connectivity index (χ2v) is 2.43. The summed E-state index contributed by atoms with van der Waals surface area (Å²) >= 11 is 0. The molecule has 0 aromatic heterocycles. The van der Waals surface area contributed by atoms with Crippen LogP contribution in [0.25, 0.3) is 0 Å². The maximum Gasteiger partial charge on any atom is 0.0276 e. The van der Waals surface area contributed by atoms with Gasteiger partial charge in [0.25, 0.3) is 0 Å². The number of allylic oxidation sites excluding steroid dienone is 5. The van der Waals surface area contributed by atoms with Crippen molar-refractivity contribution in [2.75, 3.05) is 0 Å². The second kappa shape index (κ2) is 3.25. The molecule has 0 amide bonds. The van der Waals surface area contributed by atoms with Crippen molar-refractivity contribution in [2.24, 2.45) is 5.73 Å². The molecule has 0 saturated carbocycles. The van der Waals surface area contributed by atoms with E-state index in [4.69, 9.17) is 5.73 Å². The molecule has 54 valence electrons. The van der Waals surface area contributed by atoms with Crippen LogP contribution in [-0.2, 0) is 0 Å². The van der Waals surface area contributed by atoms with E-state index in [0.717, 1.165) is 18.5 Å². The van der Waals surface area contributed by atoms with Gasteiger partial charge in [0.1, 0.15) is 0 Å². The van der Waals surface area contributed by atoms with E-state index in [-0.39, 0.29) is 0 Å². The van der Waals surface area contributed by atoms with Gasteiger partial charge in [0.2, 0.25) is 0 Å². The molecule has 0 fully saturated rings. The Morgan fingerprint density at radius 2 is 2.40 bits per heavy atom. The standard InChI is InChI=1S/C9H13N/c1-2-3-8-4-6-9(10)7-5-8/h3-4,6-7H,2,5,10H2,1H3. The van der Waals surface area contributed by atoms with E-state index in [0.29, 0.717) is 0 Å². The third-order valence-corrected chi connectivity index (χ3v) is 1.53. The van der Waals surface area contributed by atoms with Crippen molar-refractivity contribution in [3.63, 3.8) is 0 Å². The van der Waals surface area contributed by atoms with E-state index in [9.17, 15) is 0 Å². The topological polar surface area (TPSA) is 26.0 Å². The Morgan fingerprint density at radius 1 is 1.60 bits per heavy atom. The van der Waals surface area contributed by atoms with Crippen molar-refractivity contribution in [1.29, 1.82) is 0 Å². The van der Waals surface area contributed by atoms with Crippen molar-refractivity contribution in [3.8, 4) is 0 Å². The van der Waals surface area contributed by atoms with Crippen LogP contribution in [0.2, 0.25) is 0 Å². The molecule has 1 rings (SSSR count). The van der Waals surface area contributed by atoms with Gasteiger partial charge >= 0.3 is 0 Å². The van der Waals surface area contributed by atoms with Crippen molar-refractivity contribution in [3.05, 3.63) is 35.6 Å². The Bertz CT molecular complexity index is 197. The lowest BCUT2D eigenvalue weighted by Crippen LogP contribution is -1.96. The fourth-order valence-corrected chi connectivity index (χ4v) is 0.989. The highest BCUT2D eigenvalue weighted by molar-refractivity contribution is 5.33. The van der Waals surface area contributed by atoms with Crippen LogP contribution < -0.4 is 5.73 Å². The summed E-state index contributed by atoms with van der Waals surface area (Å²) in [5.41, 5.74) is 7.79. The molecule has 0 unspecified atom stereocenters. The molecule has 0 heterocycles. The third kappa shape index (κ3) is 1.76. The maximum absolute atomic E-state index is 5.54. The molecule has 10 heavy (non-hydrogen) atoms. The highest BCUT2D eigenvalue weighted by atomic mass is 14.6. The number of hydrogen-bond acceptors (Lipinski definition) is 1. The minimum atomic E-state index is 0.883. The highest BCUT2D eigenvalue weighted by Crippen LogP contribution is 2.12. The summed E-state index contributed by atoms with van der Waals surface area (Å²) in [7, 11) is 0. The number of hydrogen-bond donors (Lipinski definition) is 1. The summed E-state index contributed by atoms with van der Waals surface area (Å²) in [6, 6.07) is 0. The highest BCUT2D eigenvalue weighted by Gasteiger charge is 1.95. The second-order valence-electron chi connectivity index (χ2n) is 2.43. The van der Waals surface area contributed by atoms with Gasteiger partial charge in [0, 0.05) is 5.70 Å². The average molecular weight is 135 g/mol. The molecule has 2 N–H and O–H groups in total. The van der Waals surface area contributed by atoms with Crippen molar-refractivity contribution >= 4 is 0 Å². The van der Waals surface area contributed by atoms with Crippen molar-refractivity contribution in [2.45, 2.75) is 19.8 Å². The smallest absolute Gasteiger partial charge is 0.0276 e. The van der Waals surface area contributed by atoms with Gasteiger partial charge < -0.3 is 5.73 Å². The molecular formula is C9H13N. The van der Waals surface area contributed by atoms with E-state index >= 15 is 0 Å². The minimum Gasteiger partial charge on any atom is -0.399 e. The number of rotatable bonds is 1. The van der Waals surface area contributed by atoms with Gasteiger partial charge in [-0.1, -0.05) is 25.2 Å². The normalized spacial score (nSPS) is 21.3. The zero-order valence-corrected chi connectivity index (χ0v) is 6.30. The Hall–Kier alpha value is -0.980. The first-order chi connectivity index (χ1) is 4.83. The summed E-state index contributed by atoms with van der Waals surface area (Å²) < 4.78 is 0. The van der Waals surface area contributed by atoms with Crippen LogP contribution in [0.5, 0.6) is 0 Å². The molecule has 0 aromatic carbocycles. The lowest BCUT2D eigenvalue weighted by Gasteiger charge is -2.03. The molecule has 0 radical (unpaired) electrons. The molecule has 0 saturated heterocycles. The number of nitrogens with two attached hydrogens (primary N) is 1. The summed E-state index contributed by atoms with van der Waals surface area (Å²) in [4.78, 5) is 0. The van der Waals surface area contributed by atoms with Gasteiger partial charge in [-0.3, -0.25) is 0 Å². The minimum absolute atomic E-state index is 0.883. The van der Waals surface area contributed by atoms with Crippen molar-refractivity contribution < 1.29 is 0 Å². The van der Waals surface area contributed by atoms with Gasteiger partial charge in [-0.05, 0) is 24.5 Å². The summed E-state index contributed by atoms with van der Waals surface area (Å²) in [6.07, 6.45) is 10.4. The predicted octanol–water partition coefficient (Wildman–Crippen LogP) is 2.13. The third-order valence-electron chi connectivity index (χ3n) is 1.53. The molecular weight excluding hydrogens is 122 g/mol. The molecule has 0 atom stereocenters. The van der Waals surface area contributed by atoms with Crippen LogP contribution in [0.3, 0.4) is 0 Å². The molecule has 0 aromatic rings. The van der Waals surface area contributed by atoms with E-state index in [1.165, 1.54) is 5.57 Å². The zero-order valence-electron chi connectivity index (χ0n) is 6.30. The summed E-state index contributed by atoms with van der Waals surface area (Å²) in [6.45, 7) is 2.14. The fourth-order valence-electron chi connectivity index (χ4n) is 0.989. The maximum atomic E-state index is 5.54. The van der Waals surface area contributed by atoms with Gasteiger partial charge in [0.05, 0.1) is 0 Å². The van der Waals surface area contributed by atoms with Crippen LogP contribution in [0.15, 0.2) is 35.6 Å². The largest absolute Gasteiger partial charge is 0.399 e. The molecule has 0 bridgehead atoms. The van der Waals surface area contributed by atoms with Gasteiger partial charge in [0.15, 0.2) is 0 Å². The quantitative estimate of drug-likeness (QED) is 0.585. The van der Waals surface area contributed by atoms with Crippen molar-refractivity contribution in [1.82, 2.24) is 0 Å². The molecule has 0 spiro atoms. The van der Waals surface area contributed by atoms with E-state index < -0.39 is 0 Å². The zero-order chi connectivity index (χ0) is 7.40. The molecule has 1 aliphatic rings. The molecule has 1 nitrogen and oxygen atoms in total. The van der Waals surface area contributed by atoms with Crippen LogP contribution in [0.4, 0.5) is 0 Å². The Kier molecular flexibility index (Phi) is 2.32. The Balaban J connectivity index is 2.60. The average Bonchev–Trinajstić information content (AvgIpc) is 1.95. The summed E-state index contributed by atoms with van der Waals surface area (Å²) in [5, 5.41) is 0. The molecule has 1 heteroatoms. The van der Waals surface area contributed by atoms with Crippen LogP contribution in [0, 0.1) is 0 Å². The molecule has 1 aliphatic carbocycles. The Labute approximate surface area is 61.9 Å². The van der Waals surface area contributed by atoms with E-state index in [1.807, 2.05) is 12.2 Å². The fraction of sp³-hybridized carbons (Fsp3) is 0.333. The monoisotopic (exact) mass is 135 g/mol. The van der Waals surface area contributed by atoms with Crippen LogP contribution in [0.1, 0.15) is 19.8 Å². The predicted molar refractivity (Wildman–Crippen MR) is 44.4 cm³/mol. The molecule has 0 aliphatic heterocycles. The lowest BCUT2D eigenvalue weighted by atomic mass is 10.1. The van der Waals surface area contributed by atoms with Gasteiger partial charge in [-0.15, -0.1) is 0 Å². The van der Waals surface area contributed by atoms with Crippen LogP contribution in [-0.4, -0.2) is 0 Å². The summed E-state index contributed by atoms with van der Waals surface area (Å²) in [5.74, 6) is 0. The first-order valence-electron chi connectivity index (χ1n) is 3.65.